The Balaban J connectivity index is 1.73. The predicted octanol–water partition coefficient (Wildman–Crippen LogP) is 6.75. The third-order valence-electron chi connectivity index (χ3n) is 6.49. The Bertz CT molecular complexity index is 1810. The molecule has 37 heavy (non-hydrogen) atoms. The van der Waals surface area contributed by atoms with Crippen LogP contribution in [0.4, 0.5) is 4.39 Å². The number of aromatic hydroxyl groups is 1. The van der Waals surface area contributed by atoms with Crippen molar-refractivity contribution in [3.05, 3.63) is 116 Å². The van der Waals surface area contributed by atoms with Gasteiger partial charge in [0.15, 0.2) is 11.3 Å². The highest BCUT2D eigenvalue weighted by Gasteiger charge is 2.29. The van der Waals surface area contributed by atoms with Gasteiger partial charge in [-0.05, 0) is 67.3 Å². The van der Waals surface area contributed by atoms with Crippen molar-refractivity contribution in [1.29, 1.82) is 0 Å². The molecule has 0 aliphatic heterocycles. The minimum Gasteiger partial charge on any atom is -0.505 e. The number of nitrogens with zero attached hydrogens (tertiary/aromatic N) is 1. The Morgan fingerprint density at radius 3 is 2.57 bits per heavy atom. The number of hydrogen-bond acceptors (Lipinski definition) is 5. The third kappa shape index (κ3) is 4.04. The number of fused-ring (bicyclic) bond motifs is 5. The molecule has 0 fully saturated rings. The van der Waals surface area contributed by atoms with Crippen LogP contribution in [0.15, 0.2) is 96.6 Å². The van der Waals surface area contributed by atoms with E-state index in [1.807, 2.05) is 6.07 Å². The topological polar surface area (TPSA) is 72.4 Å². The van der Waals surface area contributed by atoms with E-state index in [0.29, 0.717) is 51.7 Å². The van der Waals surface area contributed by atoms with E-state index in [1.54, 1.807) is 54.6 Å². The summed E-state index contributed by atoms with van der Waals surface area (Å²) in [5, 5.41) is 11.7. The molecule has 2 aromatic heterocycles. The second kappa shape index (κ2) is 9.25. The van der Waals surface area contributed by atoms with Crippen molar-refractivity contribution < 1.29 is 13.9 Å². The highest BCUT2D eigenvalue weighted by molar-refractivity contribution is 7.99. The van der Waals surface area contributed by atoms with E-state index in [-0.39, 0.29) is 15.9 Å². The van der Waals surface area contributed by atoms with Gasteiger partial charge < -0.3 is 9.52 Å². The molecule has 0 spiro atoms. The quantitative estimate of drug-likeness (QED) is 0.279. The summed E-state index contributed by atoms with van der Waals surface area (Å²) >= 11 is 7.06. The highest BCUT2D eigenvalue weighted by Crippen LogP contribution is 2.41. The van der Waals surface area contributed by atoms with Gasteiger partial charge in [-0.3, -0.25) is 9.36 Å². The maximum atomic E-state index is 14.5. The largest absolute Gasteiger partial charge is 0.505 e. The van der Waals surface area contributed by atoms with E-state index in [4.69, 9.17) is 16.0 Å². The summed E-state index contributed by atoms with van der Waals surface area (Å²) < 4.78 is 21.7. The monoisotopic (exact) mass is 531 g/mol. The predicted molar refractivity (Wildman–Crippen MR) is 143 cm³/mol. The molecule has 1 N–H and O–H groups in total. The molecule has 0 unspecified atom stereocenters. The molecule has 0 saturated heterocycles. The van der Waals surface area contributed by atoms with Gasteiger partial charge in [-0.1, -0.05) is 53.7 Å². The fraction of sp³-hybridized carbons (Fsp3) is 0.103. The van der Waals surface area contributed by atoms with Crippen LogP contribution in [0.25, 0.3) is 27.9 Å². The molecule has 0 atom stereocenters. The molecule has 2 heterocycles. The summed E-state index contributed by atoms with van der Waals surface area (Å²) in [5.41, 5.74) is 1.75. The molecule has 1 aliphatic rings. The van der Waals surface area contributed by atoms with Crippen LogP contribution in [0, 0.1) is 5.82 Å². The first kappa shape index (κ1) is 23.6. The zero-order valence-corrected chi connectivity index (χ0v) is 20.9. The lowest BCUT2D eigenvalue weighted by Gasteiger charge is -2.20. The molecule has 3 aromatic carbocycles. The van der Waals surface area contributed by atoms with Crippen molar-refractivity contribution in [2.75, 3.05) is 0 Å². The van der Waals surface area contributed by atoms with E-state index in [9.17, 15) is 19.1 Å². The Labute approximate surface area is 219 Å². The van der Waals surface area contributed by atoms with Crippen LogP contribution in [0.3, 0.4) is 0 Å². The second-order valence-electron chi connectivity index (χ2n) is 8.79. The number of aromatic nitrogens is 1. The minimum absolute atomic E-state index is 0.0298. The first-order valence-electron chi connectivity index (χ1n) is 11.7. The number of pyridine rings is 1. The van der Waals surface area contributed by atoms with Gasteiger partial charge >= 0.3 is 5.63 Å². The van der Waals surface area contributed by atoms with Crippen molar-refractivity contribution in [3.8, 4) is 22.7 Å². The summed E-state index contributed by atoms with van der Waals surface area (Å²) in [6.45, 7) is 0. The molecule has 0 saturated carbocycles. The summed E-state index contributed by atoms with van der Waals surface area (Å²) in [7, 11) is 0. The average Bonchev–Trinajstić information content (AvgIpc) is 3.07. The SMILES string of the molecule is O=c1oc2c3c(n(-c4ccccc4)c(=O)c2c(O)c1Sc1cccc(Cl)c1)-c1cc(F)ccc1CCC3. The van der Waals surface area contributed by atoms with Crippen LogP contribution in [0.2, 0.25) is 5.02 Å². The van der Waals surface area contributed by atoms with Gasteiger partial charge in [-0.2, -0.15) is 0 Å². The van der Waals surface area contributed by atoms with Crippen LogP contribution in [0.5, 0.6) is 5.75 Å². The number of aryl methyl sites for hydroxylation is 2. The van der Waals surface area contributed by atoms with Gasteiger partial charge in [-0.25, -0.2) is 9.18 Å². The third-order valence-corrected chi connectivity index (χ3v) is 7.78. The smallest absolute Gasteiger partial charge is 0.354 e. The van der Waals surface area contributed by atoms with E-state index in [2.05, 4.69) is 0 Å². The number of para-hydroxylation sites is 1. The second-order valence-corrected chi connectivity index (χ2v) is 10.3. The molecule has 0 radical (unpaired) electrons. The molecule has 5 aromatic rings. The van der Waals surface area contributed by atoms with Crippen LogP contribution in [0.1, 0.15) is 17.5 Å². The summed E-state index contributed by atoms with van der Waals surface area (Å²) in [6.07, 6.45) is 1.82. The first-order valence-corrected chi connectivity index (χ1v) is 12.9. The highest BCUT2D eigenvalue weighted by atomic mass is 35.5. The lowest BCUT2D eigenvalue weighted by molar-refractivity contribution is 0.445. The Morgan fingerprint density at radius 2 is 1.78 bits per heavy atom. The van der Waals surface area contributed by atoms with Crippen molar-refractivity contribution in [2.24, 2.45) is 0 Å². The van der Waals surface area contributed by atoms with Gasteiger partial charge in [0.25, 0.3) is 5.56 Å². The first-order chi connectivity index (χ1) is 17.9. The molecule has 184 valence electrons. The van der Waals surface area contributed by atoms with Crippen LogP contribution < -0.4 is 11.2 Å². The normalized spacial score (nSPS) is 12.7. The van der Waals surface area contributed by atoms with Crippen molar-refractivity contribution in [3.63, 3.8) is 0 Å². The van der Waals surface area contributed by atoms with E-state index in [1.165, 1.54) is 16.7 Å². The van der Waals surface area contributed by atoms with Gasteiger partial charge in [0.1, 0.15) is 16.1 Å². The maximum absolute atomic E-state index is 14.5. The summed E-state index contributed by atoms with van der Waals surface area (Å²) in [5.74, 6) is -0.881. The number of rotatable bonds is 3. The van der Waals surface area contributed by atoms with E-state index < -0.39 is 22.8 Å². The Hall–Kier alpha value is -3.81. The fourth-order valence-electron chi connectivity index (χ4n) is 4.89. The van der Waals surface area contributed by atoms with Crippen molar-refractivity contribution in [2.45, 2.75) is 29.1 Å². The minimum atomic E-state index is -0.766. The van der Waals surface area contributed by atoms with E-state index in [0.717, 1.165) is 17.3 Å². The Kier molecular flexibility index (Phi) is 5.89. The number of hydrogen-bond donors (Lipinski definition) is 1. The maximum Gasteiger partial charge on any atom is 0.354 e. The molecular weight excluding hydrogens is 513 g/mol. The Morgan fingerprint density at radius 1 is 0.973 bits per heavy atom. The number of benzene rings is 3. The lowest BCUT2D eigenvalue weighted by atomic mass is 9.99. The van der Waals surface area contributed by atoms with Crippen molar-refractivity contribution in [1.82, 2.24) is 4.57 Å². The molecule has 6 rings (SSSR count). The zero-order chi connectivity index (χ0) is 25.7. The molecule has 1 aliphatic carbocycles. The van der Waals surface area contributed by atoms with Gasteiger partial charge in [0.2, 0.25) is 0 Å². The van der Waals surface area contributed by atoms with Crippen LogP contribution in [-0.2, 0) is 12.8 Å². The lowest BCUT2D eigenvalue weighted by Crippen LogP contribution is -2.23. The van der Waals surface area contributed by atoms with Crippen LogP contribution in [-0.4, -0.2) is 9.67 Å². The molecule has 5 nitrogen and oxygen atoms in total. The van der Waals surface area contributed by atoms with Crippen molar-refractivity contribution >= 4 is 34.3 Å². The molecule has 8 heteroatoms. The van der Waals surface area contributed by atoms with Gasteiger partial charge in [0, 0.05) is 26.7 Å². The van der Waals surface area contributed by atoms with Gasteiger partial charge in [0.05, 0.1) is 5.69 Å². The number of halogens is 2. The molecular formula is C29H19ClFNO4S. The van der Waals surface area contributed by atoms with Gasteiger partial charge in [-0.15, -0.1) is 0 Å². The van der Waals surface area contributed by atoms with Crippen LogP contribution >= 0.6 is 23.4 Å². The summed E-state index contributed by atoms with van der Waals surface area (Å²) in [6, 6.07) is 20.3. The average molecular weight is 532 g/mol. The fourth-order valence-corrected chi connectivity index (χ4v) is 6.04. The standard InChI is InChI=1S/C29H19ClFNO4S/c30-17-7-5-10-20(14-17)37-27-25(33)23-26(36-29(27)35)21-11-4-6-16-12-13-18(31)15-22(16)24(21)32(28(23)34)19-8-2-1-3-9-19/h1-3,5,7-10,12-15,33H,4,6,11H2. The van der Waals surface area contributed by atoms with E-state index >= 15 is 0 Å². The molecule has 0 amide bonds. The zero-order valence-electron chi connectivity index (χ0n) is 19.3. The molecule has 0 bridgehead atoms. The summed E-state index contributed by atoms with van der Waals surface area (Å²) in [4.78, 5) is 27.8.